The smallest absolute Gasteiger partial charge is 0.241 e. The largest absolute Gasteiger partial charge is 0.351 e. The molecule has 1 rings (SSSR count). The highest BCUT2D eigenvalue weighted by atomic mass is 32.2. The maximum Gasteiger partial charge on any atom is 0.241 e. The second-order valence-corrected chi connectivity index (χ2v) is 8.99. The maximum absolute atomic E-state index is 12.6. The standard InChI is InChI=1S/C18H31N3O3S/c1-6-18(7-2,13-19)16(22)20-12-14-10-8-9-11-15(14)25(23,24)21-17(3,4)5/h8-11,21H,6-7,12-13,19H2,1-5H3,(H,20,22). The normalized spacial score (nSPS) is 12.9. The van der Waals surface area contributed by atoms with Crippen LogP contribution >= 0.6 is 0 Å². The van der Waals surface area contributed by atoms with Crippen molar-refractivity contribution in [3.8, 4) is 0 Å². The van der Waals surface area contributed by atoms with Gasteiger partial charge >= 0.3 is 0 Å². The summed E-state index contributed by atoms with van der Waals surface area (Å²) in [4.78, 5) is 12.7. The highest BCUT2D eigenvalue weighted by Crippen LogP contribution is 2.25. The second-order valence-electron chi connectivity index (χ2n) is 7.34. The molecule has 6 nitrogen and oxygen atoms in total. The number of hydrogen-bond acceptors (Lipinski definition) is 4. The lowest BCUT2D eigenvalue weighted by Crippen LogP contribution is -2.45. The second kappa shape index (κ2) is 8.29. The van der Waals surface area contributed by atoms with E-state index in [-0.39, 0.29) is 23.9 Å². The first kappa shape index (κ1) is 21.6. The average molecular weight is 370 g/mol. The van der Waals surface area contributed by atoms with Crippen molar-refractivity contribution in [3.63, 3.8) is 0 Å². The molecule has 0 aromatic heterocycles. The third kappa shape index (κ3) is 5.52. The first-order chi connectivity index (χ1) is 11.5. The van der Waals surface area contributed by atoms with Crippen LogP contribution in [0.15, 0.2) is 29.2 Å². The van der Waals surface area contributed by atoms with Gasteiger partial charge in [0.25, 0.3) is 0 Å². The van der Waals surface area contributed by atoms with Gasteiger partial charge in [0, 0.05) is 18.6 Å². The fraction of sp³-hybridized carbons (Fsp3) is 0.611. The number of benzene rings is 1. The molecule has 0 atom stereocenters. The van der Waals surface area contributed by atoms with Crippen molar-refractivity contribution in [3.05, 3.63) is 29.8 Å². The van der Waals surface area contributed by atoms with Crippen LogP contribution in [0.5, 0.6) is 0 Å². The number of carbonyl (C=O) groups excluding carboxylic acids is 1. The number of nitrogens with one attached hydrogen (secondary N) is 2. The van der Waals surface area contributed by atoms with E-state index in [0.717, 1.165) is 0 Å². The molecule has 0 saturated carbocycles. The van der Waals surface area contributed by atoms with Crippen molar-refractivity contribution < 1.29 is 13.2 Å². The van der Waals surface area contributed by atoms with E-state index < -0.39 is 21.0 Å². The van der Waals surface area contributed by atoms with E-state index in [1.165, 1.54) is 0 Å². The van der Waals surface area contributed by atoms with E-state index >= 15 is 0 Å². The monoisotopic (exact) mass is 369 g/mol. The zero-order chi connectivity index (χ0) is 19.3. The topological polar surface area (TPSA) is 101 Å². The van der Waals surface area contributed by atoms with Gasteiger partial charge in [0.05, 0.1) is 10.3 Å². The van der Waals surface area contributed by atoms with E-state index in [4.69, 9.17) is 5.73 Å². The summed E-state index contributed by atoms with van der Waals surface area (Å²) in [5.41, 5.74) is 5.14. The summed E-state index contributed by atoms with van der Waals surface area (Å²) in [7, 11) is -3.67. The van der Waals surface area contributed by atoms with Crippen molar-refractivity contribution in [1.29, 1.82) is 0 Å². The number of rotatable bonds is 8. The Labute approximate surface area is 151 Å². The van der Waals surface area contributed by atoms with E-state index in [1.807, 2.05) is 13.8 Å². The molecule has 1 amide bonds. The maximum atomic E-state index is 12.6. The van der Waals surface area contributed by atoms with Crippen molar-refractivity contribution >= 4 is 15.9 Å². The van der Waals surface area contributed by atoms with Crippen LogP contribution in [0.25, 0.3) is 0 Å². The van der Waals surface area contributed by atoms with Crippen LogP contribution in [0.4, 0.5) is 0 Å². The summed E-state index contributed by atoms with van der Waals surface area (Å²) < 4.78 is 27.9. The zero-order valence-electron chi connectivity index (χ0n) is 15.8. The van der Waals surface area contributed by atoms with E-state index in [1.54, 1.807) is 45.0 Å². The number of hydrogen-bond donors (Lipinski definition) is 3. The summed E-state index contributed by atoms with van der Waals surface area (Å²) in [5, 5.41) is 2.86. The molecule has 0 unspecified atom stereocenters. The van der Waals surface area contributed by atoms with E-state index in [9.17, 15) is 13.2 Å². The van der Waals surface area contributed by atoms with Gasteiger partial charge in [-0.05, 0) is 45.2 Å². The summed E-state index contributed by atoms with van der Waals surface area (Å²) in [6, 6.07) is 6.68. The van der Waals surface area contributed by atoms with Crippen molar-refractivity contribution in [1.82, 2.24) is 10.0 Å². The minimum atomic E-state index is -3.67. The van der Waals surface area contributed by atoms with Gasteiger partial charge in [-0.15, -0.1) is 0 Å². The van der Waals surface area contributed by atoms with E-state index in [0.29, 0.717) is 18.4 Å². The molecule has 142 valence electrons. The molecular weight excluding hydrogens is 338 g/mol. The number of sulfonamides is 1. The Morgan fingerprint density at radius 3 is 2.16 bits per heavy atom. The molecule has 0 bridgehead atoms. The highest BCUT2D eigenvalue weighted by Gasteiger charge is 2.33. The van der Waals surface area contributed by atoms with Gasteiger partial charge in [-0.1, -0.05) is 32.0 Å². The zero-order valence-corrected chi connectivity index (χ0v) is 16.7. The minimum Gasteiger partial charge on any atom is -0.351 e. The quantitative estimate of drug-likeness (QED) is 0.653. The average Bonchev–Trinajstić information content (AvgIpc) is 2.53. The first-order valence-electron chi connectivity index (χ1n) is 8.61. The van der Waals surface area contributed by atoms with Gasteiger partial charge in [0.2, 0.25) is 15.9 Å². The molecule has 1 aromatic rings. The van der Waals surface area contributed by atoms with Crippen molar-refractivity contribution in [2.45, 2.75) is 64.4 Å². The van der Waals surface area contributed by atoms with Crippen LogP contribution in [0, 0.1) is 5.41 Å². The molecule has 0 spiro atoms. The van der Waals surface area contributed by atoms with Gasteiger partial charge in [0.15, 0.2) is 0 Å². The Morgan fingerprint density at radius 1 is 1.12 bits per heavy atom. The Kier molecular flexibility index (Phi) is 7.17. The molecule has 1 aromatic carbocycles. The van der Waals surface area contributed by atoms with Gasteiger partial charge in [-0.25, -0.2) is 13.1 Å². The molecule has 25 heavy (non-hydrogen) atoms. The molecule has 0 radical (unpaired) electrons. The minimum absolute atomic E-state index is 0.141. The molecule has 4 N–H and O–H groups in total. The fourth-order valence-corrected chi connectivity index (χ4v) is 4.34. The van der Waals surface area contributed by atoms with Crippen LogP contribution in [0.2, 0.25) is 0 Å². The van der Waals surface area contributed by atoms with Crippen LogP contribution in [-0.2, 0) is 21.4 Å². The molecular formula is C18H31N3O3S. The van der Waals surface area contributed by atoms with Crippen LogP contribution < -0.4 is 15.8 Å². The molecule has 0 aliphatic rings. The van der Waals surface area contributed by atoms with E-state index in [2.05, 4.69) is 10.0 Å². The van der Waals surface area contributed by atoms with Gasteiger partial charge in [0.1, 0.15) is 0 Å². The van der Waals surface area contributed by atoms with Crippen LogP contribution in [0.3, 0.4) is 0 Å². The molecule has 0 saturated heterocycles. The summed E-state index contributed by atoms with van der Waals surface area (Å²) >= 11 is 0. The fourth-order valence-electron chi connectivity index (χ4n) is 2.69. The molecule has 0 aliphatic carbocycles. The summed E-state index contributed by atoms with van der Waals surface area (Å²) in [6.07, 6.45) is 1.27. The first-order valence-corrected chi connectivity index (χ1v) is 10.1. The predicted octanol–water partition coefficient (Wildman–Crippen LogP) is 2.14. The lowest BCUT2D eigenvalue weighted by Gasteiger charge is -2.28. The van der Waals surface area contributed by atoms with Crippen molar-refractivity contribution in [2.24, 2.45) is 11.1 Å². The number of carbonyl (C=O) groups is 1. The lowest BCUT2D eigenvalue weighted by molar-refractivity contribution is -0.131. The van der Waals surface area contributed by atoms with Crippen LogP contribution in [0.1, 0.15) is 53.0 Å². The van der Waals surface area contributed by atoms with Crippen molar-refractivity contribution in [2.75, 3.05) is 6.54 Å². The summed E-state index contributed by atoms with van der Waals surface area (Å²) in [5.74, 6) is -0.143. The lowest BCUT2D eigenvalue weighted by atomic mass is 9.81. The third-order valence-corrected chi connectivity index (χ3v) is 6.23. The highest BCUT2D eigenvalue weighted by molar-refractivity contribution is 7.89. The van der Waals surface area contributed by atoms with Gasteiger partial charge in [-0.3, -0.25) is 4.79 Å². The molecule has 7 heteroatoms. The number of amides is 1. The third-order valence-electron chi connectivity index (χ3n) is 4.37. The molecule has 0 fully saturated rings. The molecule has 0 aliphatic heterocycles. The Morgan fingerprint density at radius 2 is 1.68 bits per heavy atom. The van der Waals surface area contributed by atoms with Crippen LogP contribution in [-0.4, -0.2) is 26.4 Å². The van der Waals surface area contributed by atoms with Gasteiger partial charge in [-0.2, -0.15) is 0 Å². The van der Waals surface area contributed by atoms with Gasteiger partial charge < -0.3 is 11.1 Å². The number of nitrogens with two attached hydrogens (primary N) is 1. The Hall–Kier alpha value is -1.44. The SMILES string of the molecule is CCC(CC)(CN)C(=O)NCc1ccccc1S(=O)(=O)NC(C)(C)C. The Balaban J connectivity index is 3.05. The Bertz CT molecular complexity index is 681. The molecule has 0 heterocycles. The predicted molar refractivity (Wildman–Crippen MR) is 100 cm³/mol. The summed E-state index contributed by atoms with van der Waals surface area (Å²) in [6.45, 7) is 9.62.